The number of nitrogens with one attached hydrogen (secondary N) is 1. The Balaban J connectivity index is 1.41. The number of nitrogen functional groups attached to an aromatic ring is 1. The zero-order valence-corrected chi connectivity index (χ0v) is 17.5. The molecule has 0 spiro atoms. The number of hydrogen-bond donors (Lipinski definition) is 2. The Morgan fingerprint density at radius 2 is 2.26 bits per heavy atom. The molecular formula is C16H19Cl2N5O2S2. The first-order valence-corrected chi connectivity index (χ1v) is 10.8. The van der Waals surface area contributed by atoms with Crippen LogP contribution in [0.25, 0.3) is 0 Å². The van der Waals surface area contributed by atoms with Gasteiger partial charge >= 0.3 is 0 Å². The van der Waals surface area contributed by atoms with Gasteiger partial charge in [-0.05, 0) is 17.7 Å². The number of carbonyl (C=O) groups excluding carboxylic acids is 1. The minimum atomic E-state index is -0.0704. The van der Waals surface area contributed by atoms with Gasteiger partial charge in [-0.3, -0.25) is 9.69 Å². The lowest BCUT2D eigenvalue weighted by molar-refractivity contribution is -0.119. The highest BCUT2D eigenvalue weighted by Crippen LogP contribution is 2.24. The van der Waals surface area contributed by atoms with Crippen molar-refractivity contribution in [2.75, 3.05) is 37.7 Å². The van der Waals surface area contributed by atoms with Gasteiger partial charge in [0.05, 0.1) is 28.5 Å². The molecule has 0 bridgehead atoms. The smallest absolute Gasteiger partial charge is 0.230 e. The normalized spacial score (nSPS) is 17.8. The van der Waals surface area contributed by atoms with E-state index in [1.54, 1.807) is 6.07 Å². The van der Waals surface area contributed by atoms with Crippen molar-refractivity contribution < 1.29 is 9.53 Å². The minimum absolute atomic E-state index is 0.0485. The number of halogens is 2. The maximum absolute atomic E-state index is 12.0. The highest BCUT2D eigenvalue weighted by molar-refractivity contribution is 8.01. The predicted molar refractivity (Wildman–Crippen MR) is 110 cm³/mol. The molecule has 1 amide bonds. The molecule has 1 aliphatic heterocycles. The number of nitrogens with two attached hydrogens (primary N) is 1. The van der Waals surface area contributed by atoms with Crippen molar-refractivity contribution in [3.63, 3.8) is 0 Å². The second-order valence-electron chi connectivity index (χ2n) is 5.98. The minimum Gasteiger partial charge on any atom is -0.374 e. The molecule has 2 aromatic rings. The number of hydrogen-bond acceptors (Lipinski definition) is 8. The Bertz CT molecular complexity index is 792. The summed E-state index contributed by atoms with van der Waals surface area (Å²) in [5.41, 5.74) is 6.62. The van der Waals surface area contributed by atoms with Gasteiger partial charge in [-0.2, -0.15) is 0 Å². The third-order valence-electron chi connectivity index (χ3n) is 3.89. The Kier molecular flexibility index (Phi) is 7.57. The van der Waals surface area contributed by atoms with Gasteiger partial charge in [-0.25, -0.2) is 0 Å². The Hall–Kier alpha value is -1.10. The number of anilines is 1. The first-order valence-electron chi connectivity index (χ1n) is 8.26. The van der Waals surface area contributed by atoms with Crippen LogP contribution < -0.4 is 11.1 Å². The summed E-state index contributed by atoms with van der Waals surface area (Å²) in [6, 6.07) is 5.66. The molecule has 3 N–H and O–H groups in total. The number of nitrogens with zero attached hydrogens (tertiary/aromatic N) is 3. The number of morpholine rings is 1. The molecule has 1 atom stereocenters. The Morgan fingerprint density at radius 3 is 3.00 bits per heavy atom. The zero-order valence-electron chi connectivity index (χ0n) is 14.4. The fraction of sp³-hybridized carbons (Fsp3) is 0.438. The summed E-state index contributed by atoms with van der Waals surface area (Å²) in [5, 5.41) is 12.0. The lowest BCUT2D eigenvalue weighted by Gasteiger charge is -2.33. The van der Waals surface area contributed by atoms with Gasteiger partial charge in [0.1, 0.15) is 0 Å². The van der Waals surface area contributed by atoms with Gasteiger partial charge in [0.25, 0.3) is 0 Å². The van der Waals surface area contributed by atoms with E-state index >= 15 is 0 Å². The van der Waals surface area contributed by atoms with Crippen LogP contribution in [0, 0.1) is 0 Å². The Labute approximate surface area is 175 Å². The van der Waals surface area contributed by atoms with Crippen LogP contribution in [-0.4, -0.2) is 59.1 Å². The van der Waals surface area contributed by atoms with E-state index < -0.39 is 0 Å². The zero-order chi connectivity index (χ0) is 19.2. The second-order valence-corrected chi connectivity index (χ2v) is 9.02. The number of thioether (sulfide) groups is 1. The van der Waals surface area contributed by atoms with Crippen molar-refractivity contribution in [1.82, 2.24) is 20.4 Å². The summed E-state index contributed by atoms with van der Waals surface area (Å²) >= 11 is 14.6. The third kappa shape index (κ3) is 6.48. The average molecular weight is 448 g/mol. The summed E-state index contributed by atoms with van der Waals surface area (Å²) in [5.74, 6) is 0.202. The summed E-state index contributed by atoms with van der Waals surface area (Å²) in [6.07, 6.45) is -0.0485. The summed E-state index contributed by atoms with van der Waals surface area (Å²) in [4.78, 5) is 14.3. The van der Waals surface area contributed by atoms with Gasteiger partial charge in [0.15, 0.2) is 4.34 Å². The van der Waals surface area contributed by atoms with E-state index in [0.29, 0.717) is 32.7 Å². The topological polar surface area (TPSA) is 93.4 Å². The maximum atomic E-state index is 12.0. The molecule has 0 radical (unpaired) electrons. The molecule has 1 aromatic carbocycles. The molecule has 11 heteroatoms. The molecule has 146 valence electrons. The van der Waals surface area contributed by atoms with Gasteiger partial charge in [0.2, 0.25) is 11.0 Å². The fourth-order valence-electron chi connectivity index (χ4n) is 2.63. The van der Waals surface area contributed by atoms with Crippen LogP contribution in [0.15, 0.2) is 22.5 Å². The van der Waals surface area contributed by atoms with Crippen molar-refractivity contribution in [3.05, 3.63) is 33.8 Å². The monoisotopic (exact) mass is 447 g/mol. The van der Waals surface area contributed by atoms with Gasteiger partial charge in [-0.15, -0.1) is 10.2 Å². The number of aromatic nitrogens is 2. The maximum Gasteiger partial charge on any atom is 0.230 e. The first-order chi connectivity index (χ1) is 13.0. The van der Waals surface area contributed by atoms with Gasteiger partial charge < -0.3 is 15.8 Å². The van der Waals surface area contributed by atoms with Crippen molar-refractivity contribution in [3.8, 4) is 0 Å². The third-order valence-corrected chi connectivity index (χ3v) is 6.51. The molecule has 2 heterocycles. The lowest BCUT2D eigenvalue weighted by atomic mass is 10.2. The van der Waals surface area contributed by atoms with Crippen LogP contribution in [0.2, 0.25) is 10.0 Å². The molecule has 7 nitrogen and oxygen atoms in total. The second kappa shape index (κ2) is 9.90. The number of carbonyl (C=O) groups is 1. The van der Waals surface area contributed by atoms with Crippen molar-refractivity contribution in [1.29, 1.82) is 0 Å². The average Bonchev–Trinajstić information content (AvgIpc) is 3.07. The molecule has 0 saturated carbocycles. The van der Waals surface area contributed by atoms with E-state index in [-0.39, 0.29) is 17.8 Å². The first kappa shape index (κ1) is 20.6. The molecule has 1 fully saturated rings. The molecular weight excluding hydrogens is 429 g/mol. The van der Waals surface area contributed by atoms with E-state index in [1.165, 1.54) is 23.1 Å². The van der Waals surface area contributed by atoms with E-state index in [9.17, 15) is 4.79 Å². The summed E-state index contributed by atoms with van der Waals surface area (Å²) < 4.78 is 6.44. The quantitative estimate of drug-likeness (QED) is 0.629. The standard InChI is InChI=1S/C16H19Cl2N5O2S2/c17-12-2-1-10(5-13(12)18)7-23-3-4-25-11(8-23)6-20-14(24)9-26-16-22-21-15(19)27-16/h1-2,5,11H,3-4,6-9H2,(H2,19,21)(H,20,24)/t11-/m0/s1. The Morgan fingerprint density at radius 1 is 1.41 bits per heavy atom. The number of rotatable bonds is 7. The van der Waals surface area contributed by atoms with Crippen molar-refractivity contribution in [2.45, 2.75) is 17.0 Å². The molecule has 1 saturated heterocycles. The van der Waals surface area contributed by atoms with Crippen LogP contribution in [0.4, 0.5) is 5.13 Å². The molecule has 27 heavy (non-hydrogen) atoms. The van der Waals surface area contributed by atoms with Crippen molar-refractivity contribution >= 4 is 57.3 Å². The van der Waals surface area contributed by atoms with Crippen LogP contribution in [0.5, 0.6) is 0 Å². The van der Waals surface area contributed by atoms with E-state index in [2.05, 4.69) is 20.4 Å². The fourth-order valence-corrected chi connectivity index (χ4v) is 4.42. The lowest BCUT2D eigenvalue weighted by Crippen LogP contribution is -2.47. The van der Waals surface area contributed by atoms with E-state index in [0.717, 1.165) is 25.2 Å². The van der Waals surface area contributed by atoms with Crippen molar-refractivity contribution in [2.24, 2.45) is 0 Å². The SMILES string of the molecule is Nc1nnc(SCC(=O)NC[C@H]2CN(Cc3ccc(Cl)c(Cl)c3)CCO2)s1. The number of amides is 1. The van der Waals surface area contributed by atoms with Crippen LogP contribution in [0.3, 0.4) is 0 Å². The predicted octanol–water partition coefficient (Wildman–Crippen LogP) is 2.54. The highest BCUT2D eigenvalue weighted by Gasteiger charge is 2.21. The van der Waals surface area contributed by atoms with Gasteiger partial charge in [0, 0.05) is 26.2 Å². The van der Waals surface area contributed by atoms with Gasteiger partial charge in [-0.1, -0.05) is 52.4 Å². The molecule has 0 unspecified atom stereocenters. The van der Waals surface area contributed by atoms with E-state index in [4.69, 9.17) is 33.7 Å². The summed E-state index contributed by atoms with van der Waals surface area (Å²) in [6.45, 7) is 3.43. The van der Waals surface area contributed by atoms with E-state index in [1.807, 2.05) is 12.1 Å². The molecule has 1 aromatic heterocycles. The number of benzene rings is 1. The molecule has 1 aliphatic rings. The van der Waals surface area contributed by atoms with Crippen LogP contribution >= 0.6 is 46.3 Å². The number of ether oxygens (including phenoxy) is 1. The molecule has 3 rings (SSSR count). The largest absolute Gasteiger partial charge is 0.374 e. The van der Waals surface area contributed by atoms with Crippen LogP contribution in [-0.2, 0) is 16.1 Å². The van der Waals surface area contributed by atoms with Crippen LogP contribution in [0.1, 0.15) is 5.56 Å². The molecule has 0 aliphatic carbocycles. The summed E-state index contributed by atoms with van der Waals surface area (Å²) in [7, 11) is 0. The highest BCUT2D eigenvalue weighted by atomic mass is 35.5.